The molecule has 7 nitrogen and oxygen atoms in total. The maximum atomic E-state index is 12.4. The number of anilines is 1. The number of thioether (sulfide) groups is 1. The van der Waals surface area contributed by atoms with Crippen molar-refractivity contribution >= 4 is 29.3 Å². The molecule has 2 N–H and O–H groups in total. The van der Waals surface area contributed by atoms with Gasteiger partial charge >= 0.3 is 5.97 Å². The summed E-state index contributed by atoms with van der Waals surface area (Å²) < 4.78 is 0. The van der Waals surface area contributed by atoms with Crippen molar-refractivity contribution < 1.29 is 14.7 Å². The molecule has 0 saturated heterocycles. The van der Waals surface area contributed by atoms with Gasteiger partial charge in [-0.3, -0.25) is 4.79 Å². The van der Waals surface area contributed by atoms with Crippen LogP contribution in [0.1, 0.15) is 32.0 Å². The van der Waals surface area contributed by atoms with Gasteiger partial charge in [-0.25, -0.2) is 14.8 Å². The molecule has 1 heterocycles. The molecule has 0 unspecified atom stereocenters. The predicted octanol–water partition coefficient (Wildman–Crippen LogP) is 3.59. The van der Waals surface area contributed by atoms with Crippen LogP contribution in [0.3, 0.4) is 0 Å². The minimum absolute atomic E-state index is 0.0600. The van der Waals surface area contributed by atoms with Crippen molar-refractivity contribution in [3.05, 3.63) is 83.3 Å². The number of amides is 1. The predicted molar refractivity (Wildman–Crippen MR) is 104 cm³/mol. The van der Waals surface area contributed by atoms with Gasteiger partial charge < -0.3 is 10.4 Å². The topological polar surface area (TPSA) is 116 Å². The van der Waals surface area contributed by atoms with E-state index in [9.17, 15) is 14.7 Å². The van der Waals surface area contributed by atoms with Crippen LogP contribution in [0.4, 0.5) is 5.69 Å². The number of aromatic carboxylic acids is 1. The molecule has 0 spiro atoms. The Kier molecular flexibility index (Phi) is 5.99. The number of rotatable bonds is 6. The molecule has 0 aliphatic carbocycles. The van der Waals surface area contributed by atoms with Crippen molar-refractivity contribution in [3.8, 4) is 6.07 Å². The molecule has 2 aromatic carbocycles. The summed E-state index contributed by atoms with van der Waals surface area (Å²) in [5.74, 6) is -1.10. The molecular formula is C20H14N4O3S. The van der Waals surface area contributed by atoms with Crippen molar-refractivity contribution in [1.82, 2.24) is 9.97 Å². The number of nitrogens with one attached hydrogen (secondary N) is 1. The van der Waals surface area contributed by atoms with Crippen LogP contribution < -0.4 is 5.32 Å². The Morgan fingerprint density at radius 3 is 2.54 bits per heavy atom. The maximum Gasteiger partial charge on any atom is 0.337 e. The van der Waals surface area contributed by atoms with Crippen LogP contribution in [0.2, 0.25) is 0 Å². The smallest absolute Gasteiger partial charge is 0.337 e. The van der Waals surface area contributed by atoms with Crippen LogP contribution in [-0.4, -0.2) is 27.0 Å². The Balaban J connectivity index is 1.68. The summed E-state index contributed by atoms with van der Waals surface area (Å²) in [5.41, 5.74) is 1.31. The van der Waals surface area contributed by atoms with Crippen LogP contribution in [0.5, 0.6) is 0 Å². The van der Waals surface area contributed by atoms with E-state index in [0.717, 1.165) is 11.3 Å². The normalized spacial score (nSPS) is 10.1. The Morgan fingerprint density at radius 2 is 1.89 bits per heavy atom. The monoisotopic (exact) mass is 390 g/mol. The van der Waals surface area contributed by atoms with Crippen molar-refractivity contribution in [2.45, 2.75) is 10.8 Å². The lowest BCUT2D eigenvalue weighted by Crippen LogP contribution is -2.16. The number of carboxylic acid groups (broad SMARTS) is 1. The molecule has 0 atom stereocenters. The standard InChI is InChI=1S/C20H14N4O3S/c21-9-14-6-7-16(15(8-14)20(26)27)24-19(25)17-10-23-18(11-22-17)28-12-13-4-2-1-3-5-13/h1-8,10-11H,12H2,(H,24,25)(H,26,27). The van der Waals surface area contributed by atoms with Gasteiger partial charge in [0.2, 0.25) is 0 Å². The van der Waals surface area contributed by atoms with E-state index in [4.69, 9.17) is 5.26 Å². The highest BCUT2D eigenvalue weighted by Crippen LogP contribution is 2.21. The summed E-state index contributed by atoms with van der Waals surface area (Å²) in [6.07, 6.45) is 2.84. The van der Waals surface area contributed by atoms with Crippen molar-refractivity contribution in [2.24, 2.45) is 0 Å². The molecule has 0 aliphatic heterocycles. The first kappa shape index (κ1) is 19.1. The molecule has 0 saturated carbocycles. The molecule has 0 aliphatic rings. The lowest BCUT2D eigenvalue weighted by molar-refractivity contribution is 0.0698. The molecule has 0 radical (unpaired) electrons. The minimum Gasteiger partial charge on any atom is -0.478 e. The zero-order chi connectivity index (χ0) is 19.9. The second-order valence-electron chi connectivity index (χ2n) is 5.65. The van der Waals surface area contributed by atoms with Gasteiger partial charge in [0.1, 0.15) is 10.7 Å². The van der Waals surface area contributed by atoms with E-state index < -0.39 is 11.9 Å². The highest BCUT2D eigenvalue weighted by atomic mass is 32.2. The quantitative estimate of drug-likeness (QED) is 0.618. The first-order chi connectivity index (χ1) is 13.6. The largest absolute Gasteiger partial charge is 0.478 e. The number of benzene rings is 2. The van der Waals surface area contributed by atoms with Crippen molar-refractivity contribution in [2.75, 3.05) is 5.32 Å². The highest BCUT2D eigenvalue weighted by molar-refractivity contribution is 7.98. The summed E-state index contributed by atoms with van der Waals surface area (Å²) >= 11 is 1.49. The van der Waals surface area contributed by atoms with Gasteiger partial charge in [-0.05, 0) is 23.8 Å². The third-order valence-corrected chi connectivity index (χ3v) is 4.70. The van der Waals surface area contributed by atoms with Crippen LogP contribution in [0.25, 0.3) is 0 Å². The average molecular weight is 390 g/mol. The Morgan fingerprint density at radius 1 is 1.11 bits per heavy atom. The van der Waals surface area contributed by atoms with Crippen molar-refractivity contribution in [1.29, 1.82) is 5.26 Å². The SMILES string of the molecule is N#Cc1ccc(NC(=O)c2cnc(SCc3ccccc3)cn2)c(C(=O)O)c1. The number of nitrogens with zero attached hydrogens (tertiary/aromatic N) is 3. The van der Waals surface area contributed by atoms with E-state index in [1.807, 2.05) is 36.4 Å². The number of carbonyl (C=O) groups excluding carboxylic acids is 1. The Labute approximate surface area is 165 Å². The first-order valence-electron chi connectivity index (χ1n) is 8.14. The Bertz CT molecular complexity index is 1050. The van der Waals surface area contributed by atoms with Gasteiger partial charge in [0.05, 0.1) is 35.3 Å². The van der Waals surface area contributed by atoms with E-state index in [0.29, 0.717) is 5.03 Å². The third kappa shape index (κ3) is 4.72. The number of nitriles is 1. The van der Waals surface area contributed by atoms with Gasteiger partial charge in [0, 0.05) is 5.75 Å². The van der Waals surface area contributed by atoms with Crippen LogP contribution >= 0.6 is 11.8 Å². The second-order valence-corrected chi connectivity index (χ2v) is 6.64. The second kappa shape index (κ2) is 8.79. The Hall–Kier alpha value is -3.70. The molecule has 0 bridgehead atoms. The summed E-state index contributed by atoms with van der Waals surface area (Å²) in [7, 11) is 0. The van der Waals surface area contributed by atoms with Crippen molar-refractivity contribution in [3.63, 3.8) is 0 Å². The molecule has 8 heteroatoms. The molecule has 0 fully saturated rings. The maximum absolute atomic E-state index is 12.4. The van der Waals surface area contributed by atoms with E-state index in [1.54, 1.807) is 0 Å². The summed E-state index contributed by atoms with van der Waals surface area (Å²) in [6.45, 7) is 0. The number of carboxylic acids is 1. The molecule has 28 heavy (non-hydrogen) atoms. The zero-order valence-electron chi connectivity index (χ0n) is 14.5. The van der Waals surface area contributed by atoms with Crippen LogP contribution in [0.15, 0.2) is 66.0 Å². The number of hydrogen-bond acceptors (Lipinski definition) is 6. The van der Waals surface area contributed by atoms with E-state index in [-0.39, 0.29) is 22.5 Å². The van der Waals surface area contributed by atoms with Gasteiger partial charge in [-0.2, -0.15) is 5.26 Å². The van der Waals surface area contributed by atoms with Gasteiger partial charge in [0.15, 0.2) is 0 Å². The summed E-state index contributed by atoms with van der Waals surface area (Å²) in [4.78, 5) is 32.0. The van der Waals surface area contributed by atoms with E-state index >= 15 is 0 Å². The fraction of sp³-hybridized carbons (Fsp3) is 0.0500. The highest BCUT2D eigenvalue weighted by Gasteiger charge is 2.15. The lowest BCUT2D eigenvalue weighted by atomic mass is 10.1. The molecule has 138 valence electrons. The summed E-state index contributed by atoms with van der Waals surface area (Å²) in [5, 5.41) is 21.3. The fourth-order valence-corrected chi connectivity index (χ4v) is 3.09. The average Bonchev–Trinajstić information content (AvgIpc) is 2.73. The number of hydrogen-bond donors (Lipinski definition) is 2. The molecular weight excluding hydrogens is 376 g/mol. The number of carbonyl (C=O) groups is 2. The molecule has 1 aromatic heterocycles. The van der Waals surface area contributed by atoms with Crippen LogP contribution in [-0.2, 0) is 5.75 Å². The van der Waals surface area contributed by atoms with E-state index in [1.165, 1.54) is 42.4 Å². The van der Waals surface area contributed by atoms with E-state index in [2.05, 4.69) is 15.3 Å². The minimum atomic E-state index is -1.24. The number of aromatic nitrogens is 2. The molecule has 3 aromatic rings. The fourth-order valence-electron chi connectivity index (χ4n) is 2.33. The van der Waals surface area contributed by atoms with Crippen LogP contribution in [0, 0.1) is 11.3 Å². The lowest BCUT2D eigenvalue weighted by Gasteiger charge is -2.08. The third-order valence-electron chi connectivity index (χ3n) is 3.72. The van der Waals surface area contributed by atoms with Gasteiger partial charge in [-0.1, -0.05) is 30.3 Å². The summed E-state index contributed by atoms with van der Waals surface area (Å²) in [6, 6.07) is 15.8. The zero-order valence-corrected chi connectivity index (χ0v) is 15.3. The molecule has 3 rings (SSSR count). The molecule has 1 amide bonds. The van der Waals surface area contributed by atoms with Gasteiger partial charge in [0.25, 0.3) is 5.91 Å². The van der Waals surface area contributed by atoms with Gasteiger partial charge in [-0.15, -0.1) is 11.8 Å². The first-order valence-corrected chi connectivity index (χ1v) is 9.13.